The Morgan fingerprint density at radius 2 is 1.96 bits per heavy atom. The van der Waals surface area contributed by atoms with Crippen LogP contribution in [0.5, 0.6) is 5.75 Å². The van der Waals surface area contributed by atoms with E-state index in [1.165, 1.54) is 30.4 Å². The monoisotopic (exact) mass is 384 g/mol. The summed E-state index contributed by atoms with van der Waals surface area (Å²) in [4.78, 5) is 13.8. The molecule has 0 aliphatic heterocycles. The largest absolute Gasteiger partial charge is 0.497 e. The van der Waals surface area contributed by atoms with Crippen molar-refractivity contribution in [1.82, 2.24) is 0 Å². The summed E-state index contributed by atoms with van der Waals surface area (Å²) >= 11 is 0. The van der Waals surface area contributed by atoms with Gasteiger partial charge in [-0.25, -0.2) is 0 Å². The van der Waals surface area contributed by atoms with Gasteiger partial charge in [0.25, 0.3) is 0 Å². The molecule has 1 aromatic carbocycles. The summed E-state index contributed by atoms with van der Waals surface area (Å²) in [6.07, 6.45) is 8.63. The van der Waals surface area contributed by atoms with Gasteiger partial charge in [-0.3, -0.25) is 4.79 Å². The second-order valence-electron chi connectivity index (χ2n) is 9.61. The molecule has 5 rings (SSSR count). The lowest BCUT2D eigenvalue weighted by molar-refractivity contribution is -0.126. The maximum Gasteiger partial charge on any atom is 0.156 e. The van der Waals surface area contributed by atoms with E-state index < -0.39 is 0 Å². The molecule has 0 amide bonds. The minimum absolute atomic E-state index is 0.188. The first-order valence-corrected chi connectivity index (χ1v) is 10.9. The second-order valence-corrected chi connectivity index (χ2v) is 9.61. The molecule has 4 aliphatic carbocycles. The van der Waals surface area contributed by atoms with Crippen molar-refractivity contribution in [3.05, 3.63) is 29.3 Å². The first-order chi connectivity index (χ1) is 13.6. The van der Waals surface area contributed by atoms with Crippen LogP contribution in [-0.2, 0) is 26.1 Å². The van der Waals surface area contributed by atoms with Crippen LogP contribution in [0.3, 0.4) is 0 Å². The second kappa shape index (κ2) is 6.56. The molecule has 4 nitrogen and oxygen atoms in total. The van der Waals surface area contributed by atoms with Crippen LogP contribution in [0.15, 0.2) is 18.2 Å². The molecule has 28 heavy (non-hydrogen) atoms. The van der Waals surface area contributed by atoms with Gasteiger partial charge in [-0.15, -0.1) is 0 Å². The van der Waals surface area contributed by atoms with Crippen LogP contribution in [0.1, 0.15) is 56.1 Å². The van der Waals surface area contributed by atoms with E-state index in [1.54, 1.807) is 21.3 Å². The third kappa shape index (κ3) is 2.60. The zero-order chi connectivity index (χ0) is 19.5. The highest BCUT2D eigenvalue weighted by atomic mass is 16.7. The summed E-state index contributed by atoms with van der Waals surface area (Å²) in [6.45, 7) is 0. The van der Waals surface area contributed by atoms with Crippen molar-refractivity contribution < 1.29 is 19.0 Å². The smallest absolute Gasteiger partial charge is 0.156 e. The molecule has 0 aromatic heterocycles. The fourth-order valence-corrected chi connectivity index (χ4v) is 6.71. The fraction of sp³-hybridized carbons (Fsp3) is 0.708. The number of carbonyl (C=O) groups excluding carboxylic acids is 1. The Kier molecular flexibility index (Phi) is 4.37. The van der Waals surface area contributed by atoms with Crippen molar-refractivity contribution in [1.29, 1.82) is 0 Å². The van der Waals surface area contributed by atoms with Gasteiger partial charge in [-0.1, -0.05) is 18.9 Å². The lowest BCUT2D eigenvalue weighted by atomic mass is 9.63. The number of fused-ring (bicyclic) bond motifs is 3. The molecule has 4 aliphatic rings. The van der Waals surface area contributed by atoms with Crippen molar-refractivity contribution >= 4 is 5.78 Å². The predicted octanol–water partition coefficient (Wildman–Crippen LogP) is 4.28. The molecular weight excluding hydrogens is 352 g/mol. The Bertz CT molecular complexity index is 781. The average molecular weight is 385 g/mol. The minimum Gasteiger partial charge on any atom is -0.497 e. The minimum atomic E-state index is -0.321. The van der Waals surface area contributed by atoms with Gasteiger partial charge in [-0.2, -0.15) is 0 Å². The van der Waals surface area contributed by atoms with E-state index >= 15 is 0 Å². The SMILES string of the molecule is COc1ccc2c(c1)[C@]1(CCCC(OC)OC)C[C@@]3(C2)C(CC2CC2)[C@H]3C1=O. The third-order valence-electron chi connectivity index (χ3n) is 8.24. The molecule has 0 heterocycles. The van der Waals surface area contributed by atoms with Gasteiger partial charge in [-0.05, 0) is 79.0 Å². The van der Waals surface area contributed by atoms with E-state index in [2.05, 4.69) is 18.2 Å². The van der Waals surface area contributed by atoms with Crippen LogP contribution in [0.2, 0.25) is 0 Å². The number of ketones is 1. The van der Waals surface area contributed by atoms with Crippen molar-refractivity contribution in [2.45, 2.75) is 63.1 Å². The van der Waals surface area contributed by atoms with Gasteiger partial charge in [0, 0.05) is 20.1 Å². The molecule has 2 bridgehead atoms. The Morgan fingerprint density at radius 3 is 2.64 bits per heavy atom. The number of ether oxygens (including phenoxy) is 3. The number of Topliss-reactive ketones (excluding diaryl/α,β-unsaturated/α-hetero) is 1. The maximum atomic E-state index is 13.8. The van der Waals surface area contributed by atoms with E-state index in [9.17, 15) is 4.79 Å². The van der Waals surface area contributed by atoms with Crippen molar-refractivity contribution in [3.8, 4) is 5.75 Å². The molecule has 3 saturated carbocycles. The first-order valence-electron chi connectivity index (χ1n) is 10.9. The van der Waals surface area contributed by atoms with Crippen molar-refractivity contribution in [2.24, 2.45) is 23.2 Å². The van der Waals surface area contributed by atoms with Gasteiger partial charge in [0.2, 0.25) is 0 Å². The van der Waals surface area contributed by atoms with Crippen LogP contribution in [0.25, 0.3) is 0 Å². The number of rotatable bonds is 9. The highest BCUT2D eigenvalue weighted by Crippen LogP contribution is 2.78. The Labute approximate surface area is 167 Å². The summed E-state index contributed by atoms with van der Waals surface area (Å²) in [5, 5.41) is 0. The number of carbonyl (C=O) groups is 1. The Balaban J connectivity index is 1.45. The average Bonchev–Trinajstić information content (AvgIpc) is 3.61. The molecule has 3 fully saturated rings. The molecule has 152 valence electrons. The summed E-state index contributed by atoms with van der Waals surface area (Å²) < 4.78 is 16.2. The van der Waals surface area contributed by atoms with Crippen LogP contribution >= 0.6 is 0 Å². The topological polar surface area (TPSA) is 44.8 Å². The fourth-order valence-electron chi connectivity index (χ4n) is 6.71. The van der Waals surface area contributed by atoms with Gasteiger partial charge in [0.1, 0.15) is 11.5 Å². The lowest BCUT2D eigenvalue weighted by Crippen LogP contribution is -2.39. The summed E-state index contributed by atoms with van der Waals surface area (Å²) in [5.74, 6) is 3.22. The van der Waals surface area contributed by atoms with Gasteiger partial charge < -0.3 is 14.2 Å². The molecule has 1 spiro atoms. The standard InChI is InChI=1S/C24H32O4/c1-26-17-9-8-16-13-24-14-23(18(16)12-17,10-4-5-20(27-2)28-3)22(25)21(24)19(24)11-15-6-7-15/h8-9,12,15,19-21H,4-7,10-11,13-14H2,1-3H3/t19?,21-,23-,24-/m0/s1. The van der Waals surface area contributed by atoms with E-state index in [1.807, 2.05) is 0 Å². The Morgan fingerprint density at radius 1 is 1.18 bits per heavy atom. The Hall–Kier alpha value is -1.39. The first kappa shape index (κ1) is 18.6. The number of methoxy groups -OCH3 is 3. The quantitative estimate of drug-likeness (QED) is 0.596. The van der Waals surface area contributed by atoms with Gasteiger partial charge >= 0.3 is 0 Å². The highest BCUT2D eigenvalue weighted by molar-refractivity contribution is 6.00. The van der Waals surface area contributed by atoms with E-state index in [0.717, 1.165) is 43.8 Å². The summed E-state index contributed by atoms with van der Waals surface area (Å²) in [7, 11) is 5.07. The van der Waals surface area contributed by atoms with Crippen molar-refractivity contribution in [2.75, 3.05) is 21.3 Å². The summed E-state index contributed by atoms with van der Waals surface area (Å²) in [6, 6.07) is 6.43. The molecular formula is C24H32O4. The molecule has 0 radical (unpaired) electrons. The number of hydrogen-bond donors (Lipinski definition) is 0. The van der Waals surface area contributed by atoms with Crippen LogP contribution in [-0.4, -0.2) is 33.4 Å². The van der Waals surface area contributed by atoms with Crippen LogP contribution in [0, 0.1) is 23.2 Å². The zero-order valence-corrected chi connectivity index (χ0v) is 17.3. The normalized spacial score (nSPS) is 35.1. The molecule has 4 atom stereocenters. The maximum absolute atomic E-state index is 13.8. The number of benzene rings is 1. The molecule has 1 unspecified atom stereocenters. The molecule has 0 N–H and O–H groups in total. The summed E-state index contributed by atoms with van der Waals surface area (Å²) in [5.41, 5.74) is 2.56. The zero-order valence-electron chi connectivity index (χ0n) is 17.3. The van der Waals surface area contributed by atoms with E-state index in [0.29, 0.717) is 17.6 Å². The van der Waals surface area contributed by atoms with E-state index in [-0.39, 0.29) is 17.1 Å². The van der Waals surface area contributed by atoms with Crippen LogP contribution < -0.4 is 4.74 Å². The molecule has 1 aromatic rings. The van der Waals surface area contributed by atoms with Crippen molar-refractivity contribution in [3.63, 3.8) is 0 Å². The third-order valence-corrected chi connectivity index (χ3v) is 8.24. The van der Waals surface area contributed by atoms with Gasteiger partial charge in [0.15, 0.2) is 6.29 Å². The van der Waals surface area contributed by atoms with Gasteiger partial charge in [0.05, 0.1) is 12.5 Å². The van der Waals surface area contributed by atoms with Crippen LogP contribution in [0.4, 0.5) is 0 Å². The molecule has 4 heteroatoms. The molecule has 0 saturated heterocycles. The highest BCUT2D eigenvalue weighted by Gasteiger charge is 2.78. The van der Waals surface area contributed by atoms with E-state index in [4.69, 9.17) is 14.2 Å². The predicted molar refractivity (Wildman–Crippen MR) is 106 cm³/mol. The number of hydrogen-bond acceptors (Lipinski definition) is 4. The lowest BCUT2D eigenvalue weighted by Gasteiger charge is -2.39.